The normalized spacial score (nSPS) is 21.9. The van der Waals surface area contributed by atoms with Crippen molar-refractivity contribution in [3.05, 3.63) is 71.8 Å². The molecule has 2 aromatic carbocycles. The summed E-state index contributed by atoms with van der Waals surface area (Å²) in [6.45, 7) is 1.98. The summed E-state index contributed by atoms with van der Waals surface area (Å²) >= 11 is 0. The van der Waals surface area contributed by atoms with Crippen LogP contribution in [0.1, 0.15) is 18.1 Å². The number of rotatable bonds is 2. The molecule has 3 heteroatoms. The molecule has 3 rings (SSSR count). The molecule has 1 aliphatic rings. The molecule has 19 heavy (non-hydrogen) atoms. The number of benzene rings is 2. The minimum absolute atomic E-state index is 0.498. The highest BCUT2D eigenvalue weighted by Gasteiger charge is 2.32. The van der Waals surface area contributed by atoms with Gasteiger partial charge in [-0.05, 0) is 6.92 Å². The molecule has 1 heterocycles. The summed E-state index contributed by atoms with van der Waals surface area (Å²) in [5.74, 6) is 0.498. The Balaban J connectivity index is 2.07. The summed E-state index contributed by atoms with van der Waals surface area (Å²) < 4.78 is 0. The lowest BCUT2D eigenvalue weighted by atomic mass is 10.0. The van der Waals surface area contributed by atoms with Crippen molar-refractivity contribution < 1.29 is 0 Å². The van der Waals surface area contributed by atoms with Crippen molar-refractivity contribution in [3.63, 3.8) is 0 Å². The van der Waals surface area contributed by atoms with Gasteiger partial charge >= 0.3 is 0 Å². The number of hydrogen-bond acceptors (Lipinski definition) is 3. The predicted molar refractivity (Wildman–Crippen MR) is 78.4 cm³/mol. The van der Waals surface area contributed by atoms with Crippen LogP contribution in [0.3, 0.4) is 0 Å². The van der Waals surface area contributed by atoms with Crippen molar-refractivity contribution in [3.8, 4) is 0 Å². The van der Waals surface area contributed by atoms with Gasteiger partial charge in [0.2, 0.25) is 0 Å². The lowest BCUT2D eigenvalue weighted by molar-refractivity contribution is 0.540. The molecule has 0 saturated heterocycles. The molecule has 2 aromatic rings. The third-order valence-corrected chi connectivity index (χ3v) is 3.28. The SMILES string of the molecule is CC1(c2ccccc2)N=C(N)C(c2ccccc2)=N1. The molecule has 0 spiro atoms. The Bertz CT molecular complexity index is 644. The van der Waals surface area contributed by atoms with Crippen molar-refractivity contribution in [2.24, 2.45) is 15.7 Å². The first kappa shape index (κ1) is 11.7. The summed E-state index contributed by atoms with van der Waals surface area (Å²) in [4.78, 5) is 9.27. The van der Waals surface area contributed by atoms with Gasteiger partial charge in [-0.3, -0.25) is 0 Å². The van der Waals surface area contributed by atoms with E-state index in [0.717, 1.165) is 16.8 Å². The lowest BCUT2D eigenvalue weighted by Gasteiger charge is -2.17. The summed E-state index contributed by atoms with van der Waals surface area (Å²) in [5.41, 5.74) is 8.25. The first-order valence-corrected chi connectivity index (χ1v) is 6.25. The Morgan fingerprint density at radius 3 is 2.05 bits per heavy atom. The van der Waals surface area contributed by atoms with Crippen LogP contribution in [-0.2, 0) is 5.66 Å². The van der Waals surface area contributed by atoms with Gasteiger partial charge in [-0.1, -0.05) is 60.7 Å². The van der Waals surface area contributed by atoms with E-state index in [1.807, 2.05) is 67.6 Å². The number of amidine groups is 1. The molecule has 1 aliphatic heterocycles. The third-order valence-electron chi connectivity index (χ3n) is 3.28. The van der Waals surface area contributed by atoms with Crippen molar-refractivity contribution >= 4 is 11.5 Å². The minimum Gasteiger partial charge on any atom is -0.382 e. The zero-order valence-corrected chi connectivity index (χ0v) is 10.7. The largest absolute Gasteiger partial charge is 0.382 e. The van der Waals surface area contributed by atoms with E-state index in [4.69, 9.17) is 10.7 Å². The fraction of sp³-hybridized carbons (Fsp3) is 0.125. The van der Waals surface area contributed by atoms with E-state index < -0.39 is 5.66 Å². The van der Waals surface area contributed by atoms with Crippen LogP contribution < -0.4 is 5.73 Å². The van der Waals surface area contributed by atoms with E-state index in [1.165, 1.54) is 0 Å². The molecular formula is C16H15N3. The maximum Gasteiger partial charge on any atom is 0.176 e. The Hall–Kier alpha value is -2.42. The van der Waals surface area contributed by atoms with Crippen LogP contribution in [-0.4, -0.2) is 11.5 Å². The van der Waals surface area contributed by atoms with Crippen molar-refractivity contribution in [2.75, 3.05) is 0 Å². The molecule has 0 aromatic heterocycles. The van der Waals surface area contributed by atoms with E-state index in [2.05, 4.69) is 4.99 Å². The van der Waals surface area contributed by atoms with Gasteiger partial charge in [0.25, 0.3) is 0 Å². The van der Waals surface area contributed by atoms with Crippen LogP contribution in [0.2, 0.25) is 0 Å². The molecule has 0 bridgehead atoms. The van der Waals surface area contributed by atoms with Crippen LogP contribution >= 0.6 is 0 Å². The molecule has 0 aliphatic carbocycles. The van der Waals surface area contributed by atoms with Gasteiger partial charge in [0.15, 0.2) is 5.66 Å². The molecule has 94 valence electrons. The van der Waals surface area contributed by atoms with Gasteiger partial charge < -0.3 is 5.73 Å². The lowest BCUT2D eigenvalue weighted by Crippen LogP contribution is -2.21. The van der Waals surface area contributed by atoms with Crippen LogP contribution in [0.4, 0.5) is 0 Å². The zero-order chi connectivity index (χ0) is 13.3. The van der Waals surface area contributed by atoms with Crippen molar-refractivity contribution in [2.45, 2.75) is 12.6 Å². The van der Waals surface area contributed by atoms with E-state index >= 15 is 0 Å². The fourth-order valence-electron chi connectivity index (χ4n) is 2.28. The summed E-state index contributed by atoms with van der Waals surface area (Å²) in [6, 6.07) is 19.9. The third kappa shape index (κ3) is 2.03. The second-order valence-corrected chi connectivity index (χ2v) is 4.71. The summed E-state index contributed by atoms with van der Waals surface area (Å²) in [5, 5.41) is 0. The predicted octanol–water partition coefficient (Wildman–Crippen LogP) is 2.72. The number of nitrogens with two attached hydrogens (primary N) is 1. The number of aliphatic imine (C=N–C) groups is 2. The van der Waals surface area contributed by atoms with Crippen LogP contribution in [0, 0.1) is 0 Å². The quantitative estimate of drug-likeness (QED) is 0.874. The Kier molecular flexibility index (Phi) is 2.67. The van der Waals surface area contributed by atoms with Gasteiger partial charge in [0, 0.05) is 11.1 Å². The summed E-state index contributed by atoms with van der Waals surface area (Å²) in [7, 11) is 0. The van der Waals surface area contributed by atoms with E-state index in [0.29, 0.717) is 5.84 Å². The minimum atomic E-state index is -0.615. The van der Waals surface area contributed by atoms with E-state index in [9.17, 15) is 0 Å². The van der Waals surface area contributed by atoms with Crippen LogP contribution in [0.25, 0.3) is 0 Å². The molecule has 1 atom stereocenters. The molecule has 1 unspecified atom stereocenters. The first-order chi connectivity index (χ1) is 9.19. The second kappa shape index (κ2) is 4.35. The molecule has 0 amide bonds. The molecule has 0 fully saturated rings. The molecule has 2 N–H and O–H groups in total. The van der Waals surface area contributed by atoms with Gasteiger partial charge in [0.1, 0.15) is 11.5 Å². The van der Waals surface area contributed by atoms with Gasteiger partial charge in [-0.2, -0.15) is 0 Å². The van der Waals surface area contributed by atoms with Gasteiger partial charge in [-0.15, -0.1) is 0 Å². The summed E-state index contributed by atoms with van der Waals surface area (Å²) in [6.07, 6.45) is 0. The maximum absolute atomic E-state index is 6.04. The Labute approximate surface area is 112 Å². The van der Waals surface area contributed by atoms with E-state index in [1.54, 1.807) is 0 Å². The standard InChI is InChI=1S/C16H15N3/c1-16(13-10-6-3-7-11-13)18-14(15(17)19-16)12-8-4-2-5-9-12/h2-11H,1H3,(H2,17,19). The zero-order valence-electron chi connectivity index (χ0n) is 10.7. The average Bonchev–Trinajstić information content (AvgIpc) is 2.77. The Morgan fingerprint density at radius 1 is 0.842 bits per heavy atom. The van der Waals surface area contributed by atoms with Crippen LogP contribution in [0.15, 0.2) is 70.6 Å². The maximum atomic E-state index is 6.04. The highest BCUT2D eigenvalue weighted by molar-refractivity contribution is 6.48. The van der Waals surface area contributed by atoms with Gasteiger partial charge in [0.05, 0.1) is 0 Å². The van der Waals surface area contributed by atoms with Crippen LogP contribution in [0.5, 0.6) is 0 Å². The first-order valence-electron chi connectivity index (χ1n) is 6.25. The Morgan fingerprint density at radius 2 is 1.42 bits per heavy atom. The monoisotopic (exact) mass is 249 g/mol. The highest BCUT2D eigenvalue weighted by atomic mass is 15.2. The molecule has 0 radical (unpaired) electrons. The van der Waals surface area contributed by atoms with Crippen molar-refractivity contribution in [1.82, 2.24) is 0 Å². The average molecular weight is 249 g/mol. The topological polar surface area (TPSA) is 50.7 Å². The number of nitrogens with zero attached hydrogens (tertiary/aromatic N) is 2. The highest BCUT2D eigenvalue weighted by Crippen LogP contribution is 2.31. The van der Waals surface area contributed by atoms with Gasteiger partial charge in [-0.25, -0.2) is 9.98 Å². The fourth-order valence-corrected chi connectivity index (χ4v) is 2.28. The van der Waals surface area contributed by atoms with E-state index in [-0.39, 0.29) is 0 Å². The second-order valence-electron chi connectivity index (χ2n) is 4.71. The molecular weight excluding hydrogens is 234 g/mol. The smallest absolute Gasteiger partial charge is 0.176 e. The molecule has 0 saturated carbocycles. The molecule has 3 nitrogen and oxygen atoms in total. The number of hydrogen-bond donors (Lipinski definition) is 1. The van der Waals surface area contributed by atoms with Crippen molar-refractivity contribution in [1.29, 1.82) is 0 Å².